The molecule has 1 heterocycles. The van der Waals surface area contributed by atoms with Gasteiger partial charge in [-0.25, -0.2) is 8.42 Å². The highest BCUT2D eigenvalue weighted by Gasteiger charge is 2.53. The highest BCUT2D eigenvalue weighted by atomic mass is 32.7. The van der Waals surface area contributed by atoms with Crippen LogP contribution in [-0.4, -0.2) is 40.6 Å². The Hall–Kier alpha value is -0.380. The molecule has 0 N–H and O–H groups in total. The second-order valence-corrected chi connectivity index (χ2v) is 18.1. The van der Waals surface area contributed by atoms with Crippen LogP contribution in [0.3, 0.4) is 0 Å². The van der Waals surface area contributed by atoms with Crippen LogP contribution in [0.15, 0.2) is 60.7 Å². The van der Waals surface area contributed by atoms with Crippen LogP contribution in [0.1, 0.15) is 13.8 Å². The molecule has 0 aliphatic carbocycles. The molecule has 3 rings (SSSR count). The molecule has 31 heavy (non-hydrogen) atoms. The summed E-state index contributed by atoms with van der Waals surface area (Å²) in [6.07, 6.45) is 2.31. The second-order valence-electron chi connectivity index (χ2n) is 7.50. The molecule has 2 aromatic carbocycles. The molecule has 2 aromatic rings. The highest BCUT2D eigenvalue weighted by molar-refractivity contribution is 8.70. The van der Waals surface area contributed by atoms with Gasteiger partial charge in [0.05, 0.1) is 0 Å². The van der Waals surface area contributed by atoms with Crippen molar-refractivity contribution in [2.24, 2.45) is 5.41 Å². The molecule has 0 unspecified atom stereocenters. The van der Waals surface area contributed by atoms with Gasteiger partial charge in [0.1, 0.15) is 10.6 Å². The predicted octanol–water partition coefficient (Wildman–Crippen LogP) is 5.77. The Morgan fingerprint density at radius 1 is 0.968 bits per heavy atom. The molecule has 0 bridgehead atoms. The van der Waals surface area contributed by atoms with E-state index in [2.05, 4.69) is 116 Å². The SMILES string of the molecule is CS[P+](c1ccccc1)(c1ccccc1)C1SCC(C)(C)CS1.O=S(=O)([O-])C(F)(F)F. The molecule has 0 saturated carbocycles. The molecular weight excluding hydrogens is 504 g/mol. The smallest absolute Gasteiger partial charge is 0.485 e. The Balaban J connectivity index is 0.000000366. The van der Waals surface area contributed by atoms with E-state index in [4.69, 9.17) is 13.0 Å². The number of benzene rings is 2. The van der Waals surface area contributed by atoms with Crippen molar-refractivity contribution in [2.75, 3.05) is 17.8 Å². The van der Waals surface area contributed by atoms with E-state index in [0.717, 1.165) is 0 Å². The molecule has 0 aromatic heterocycles. The summed E-state index contributed by atoms with van der Waals surface area (Å²) in [6, 6.07) is 22.4. The van der Waals surface area contributed by atoms with Gasteiger partial charge in [0.15, 0.2) is 20.9 Å². The zero-order chi connectivity index (χ0) is 23.3. The number of hydrogen-bond donors (Lipinski definition) is 0. The van der Waals surface area contributed by atoms with Crippen molar-refractivity contribution in [1.82, 2.24) is 0 Å². The van der Waals surface area contributed by atoms with Crippen molar-refractivity contribution >= 4 is 62.1 Å². The summed E-state index contributed by atoms with van der Waals surface area (Å²) in [5.41, 5.74) is -5.19. The molecule has 172 valence electrons. The minimum Gasteiger partial charge on any atom is -0.741 e. The van der Waals surface area contributed by atoms with Crippen LogP contribution < -0.4 is 10.6 Å². The van der Waals surface area contributed by atoms with Crippen LogP contribution in [0.5, 0.6) is 0 Å². The van der Waals surface area contributed by atoms with Crippen molar-refractivity contribution in [3.05, 3.63) is 60.7 Å². The maximum absolute atomic E-state index is 10.7. The van der Waals surface area contributed by atoms with Crippen LogP contribution in [-0.2, 0) is 10.1 Å². The largest absolute Gasteiger partial charge is 0.741 e. The van der Waals surface area contributed by atoms with Crippen LogP contribution in [0.25, 0.3) is 0 Å². The maximum Gasteiger partial charge on any atom is 0.485 e. The molecular formula is C20H24F3O3PS4. The molecule has 1 aliphatic rings. The minimum atomic E-state index is -6.09. The molecule has 0 radical (unpaired) electrons. The predicted molar refractivity (Wildman–Crippen MR) is 131 cm³/mol. The van der Waals surface area contributed by atoms with E-state index >= 15 is 0 Å². The number of alkyl halides is 3. The van der Waals surface area contributed by atoms with Crippen molar-refractivity contribution in [2.45, 2.75) is 23.7 Å². The Kier molecular flexibility index (Phi) is 9.27. The zero-order valence-corrected chi connectivity index (χ0v) is 21.4. The van der Waals surface area contributed by atoms with E-state index in [1.807, 2.05) is 0 Å². The van der Waals surface area contributed by atoms with E-state index in [-0.39, 0.29) is 0 Å². The monoisotopic (exact) mass is 528 g/mol. The molecule has 3 nitrogen and oxygen atoms in total. The van der Waals surface area contributed by atoms with Gasteiger partial charge in [0.2, 0.25) is 0 Å². The van der Waals surface area contributed by atoms with Gasteiger partial charge in [-0.1, -0.05) is 50.2 Å². The average Bonchev–Trinajstić information content (AvgIpc) is 2.70. The average molecular weight is 529 g/mol. The number of hydrogen-bond acceptors (Lipinski definition) is 6. The van der Waals surface area contributed by atoms with Crippen LogP contribution in [0.2, 0.25) is 0 Å². The lowest BCUT2D eigenvalue weighted by Gasteiger charge is -2.38. The fraction of sp³-hybridized carbons (Fsp3) is 0.400. The quantitative estimate of drug-likeness (QED) is 0.285. The standard InChI is InChI=1S/C19H24PS3.CHF3O3S/c1-19(2)14-22-18(23-15-19)20(21-3,16-10-6-4-7-11-16)17-12-8-5-9-13-17;2-1(3,4)8(5,6)7/h4-13,18H,14-15H2,1-3H3;(H,5,6,7)/q+1;/p-1. The Labute approximate surface area is 195 Å². The van der Waals surface area contributed by atoms with Crippen molar-refractivity contribution < 1.29 is 26.1 Å². The summed E-state index contributed by atoms with van der Waals surface area (Å²) < 4.78 is 59.6. The third-order valence-corrected chi connectivity index (χ3v) is 18.7. The van der Waals surface area contributed by atoms with E-state index in [1.54, 1.807) is 0 Å². The summed E-state index contributed by atoms with van der Waals surface area (Å²) >= 11 is 6.47. The fourth-order valence-electron chi connectivity index (χ4n) is 2.88. The van der Waals surface area contributed by atoms with Crippen LogP contribution in [0, 0.1) is 5.41 Å². The fourth-order valence-corrected chi connectivity index (χ4v) is 16.5. The van der Waals surface area contributed by atoms with Crippen molar-refractivity contribution in [1.29, 1.82) is 0 Å². The number of halogens is 3. The van der Waals surface area contributed by atoms with E-state index in [1.165, 1.54) is 22.1 Å². The lowest BCUT2D eigenvalue weighted by molar-refractivity contribution is -0.0517. The summed E-state index contributed by atoms with van der Waals surface area (Å²) in [5.74, 6) is 2.51. The summed E-state index contributed by atoms with van der Waals surface area (Å²) in [4.78, 5) is 0. The third-order valence-electron chi connectivity index (χ3n) is 4.38. The molecule has 1 fully saturated rings. The molecule has 0 atom stereocenters. The van der Waals surface area contributed by atoms with Gasteiger partial charge in [0, 0.05) is 29.1 Å². The lowest BCUT2D eigenvalue weighted by atomic mass is 10.0. The molecule has 0 spiro atoms. The topological polar surface area (TPSA) is 57.2 Å². The maximum atomic E-state index is 10.7. The Morgan fingerprint density at radius 3 is 1.61 bits per heavy atom. The summed E-state index contributed by atoms with van der Waals surface area (Å²) in [7, 11) is -6.09. The first-order valence-corrected chi connectivity index (χ1v) is 16.3. The third kappa shape index (κ3) is 6.81. The summed E-state index contributed by atoms with van der Waals surface area (Å²) in [5, 5.41) is 3.06. The number of rotatable bonds is 4. The van der Waals surface area contributed by atoms with Crippen LogP contribution >= 0.6 is 41.4 Å². The van der Waals surface area contributed by atoms with Crippen LogP contribution in [0.4, 0.5) is 13.2 Å². The molecule has 1 aliphatic heterocycles. The van der Waals surface area contributed by atoms with Gasteiger partial charge in [-0.05, 0) is 29.7 Å². The first-order valence-electron chi connectivity index (χ1n) is 9.14. The zero-order valence-electron chi connectivity index (χ0n) is 17.2. The van der Waals surface area contributed by atoms with E-state index in [0.29, 0.717) is 9.74 Å². The van der Waals surface area contributed by atoms with Crippen molar-refractivity contribution in [3.63, 3.8) is 0 Å². The van der Waals surface area contributed by atoms with Gasteiger partial charge < -0.3 is 4.55 Å². The Bertz CT molecular complexity index is 890. The van der Waals surface area contributed by atoms with Gasteiger partial charge in [-0.3, -0.25) is 0 Å². The minimum absolute atomic E-state index is 0.452. The first kappa shape index (κ1) is 26.9. The molecule has 1 saturated heterocycles. The lowest BCUT2D eigenvalue weighted by Crippen LogP contribution is -2.32. The molecule has 0 amide bonds. The normalized spacial score (nSPS) is 17.5. The molecule has 11 heteroatoms. The first-order chi connectivity index (χ1) is 14.3. The van der Waals surface area contributed by atoms with Crippen molar-refractivity contribution in [3.8, 4) is 0 Å². The van der Waals surface area contributed by atoms with Gasteiger partial charge in [-0.15, -0.1) is 23.5 Å². The van der Waals surface area contributed by atoms with Gasteiger partial charge >= 0.3 is 5.51 Å². The van der Waals surface area contributed by atoms with Gasteiger partial charge in [-0.2, -0.15) is 13.2 Å². The highest BCUT2D eigenvalue weighted by Crippen LogP contribution is 2.76. The van der Waals surface area contributed by atoms with E-state index in [9.17, 15) is 13.2 Å². The van der Waals surface area contributed by atoms with Gasteiger partial charge in [0.25, 0.3) is 0 Å². The van der Waals surface area contributed by atoms with E-state index < -0.39 is 22.1 Å². The number of thioether (sulfide) groups is 2. The second kappa shape index (κ2) is 10.7. The summed E-state index contributed by atoms with van der Waals surface area (Å²) in [6.45, 7) is 3.32. The Morgan fingerprint density at radius 2 is 1.32 bits per heavy atom.